The van der Waals surface area contributed by atoms with Crippen LogP contribution in [0.5, 0.6) is 0 Å². The molecule has 3 heteroatoms. The molecule has 0 bridgehead atoms. The quantitative estimate of drug-likeness (QED) is 0.806. The zero-order chi connectivity index (χ0) is 10.9. The summed E-state index contributed by atoms with van der Waals surface area (Å²) in [6.45, 7) is 6.25. The number of rotatable bonds is 2. The molecule has 0 aliphatic carbocycles. The highest BCUT2D eigenvalue weighted by Gasteiger charge is 2.16. The van der Waals surface area contributed by atoms with Crippen LogP contribution in [0.25, 0.3) is 0 Å². The average Bonchev–Trinajstić information content (AvgIpc) is 2.15. The lowest BCUT2D eigenvalue weighted by atomic mass is 9.93. The van der Waals surface area contributed by atoms with E-state index in [0.29, 0.717) is 6.54 Å². The first kappa shape index (κ1) is 11.5. The first-order chi connectivity index (χ1) is 6.49. The van der Waals surface area contributed by atoms with Gasteiger partial charge in [0.05, 0.1) is 5.02 Å². The van der Waals surface area contributed by atoms with Crippen molar-refractivity contribution in [3.8, 4) is 0 Å². The number of halogens is 2. The highest BCUT2D eigenvalue weighted by Crippen LogP contribution is 2.31. The van der Waals surface area contributed by atoms with Crippen LogP contribution in [0.1, 0.15) is 29.5 Å². The van der Waals surface area contributed by atoms with Gasteiger partial charge in [-0.05, 0) is 49.1 Å². The maximum absolute atomic E-state index is 13.3. The van der Waals surface area contributed by atoms with Crippen LogP contribution >= 0.6 is 11.6 Å². The van der Waals surface area contributed by atoms with Gasteiger partial charge in [-0.3, -0.25) is 0 Å². The second-order valence-electron chi connectivity index (χ2n) is 3.66. The summed E-state index contributed by atoms with van der Waals surface area (Å²) in [5.41, 5.74) is 8.36. The molecule has 0 saturated heterocycles. The van der Waals surface area contributed by atoms with Crippen molar-refractivity contribution in [2.45, 2.75) is 26.7 Å². The van der Waals surface area contributed by atoms with Gasteiger partial charge in [0.2, 0.25) is 0 Å². The number of benzene rings is 1. The molecular weight excluding hydrogens is 201 g/mol. The second kappa shape index (κ2) is 4.28. The van der Waals surface area contributed by atoms with Crippen molar-refractivity contribution in [3.63, 3.8) is 0 Å². The Morgan fingerprint density at radius 3 is 2.57 bits per heavy atom. The third-order valence-corrected chi connectivity index (χ3v) is 3.02. The first-order valence-electron chi connectivity index (χ1n) is 4.64. The second-order valence-corrected chi connectivity index (χ2v) is 4.04. The molecule has 1 aromatic rings. The first-order valence-corrected chi connectivity index (χ1v) is 5.02. The molecule has 1 unspecified atom stereocenters. The van der Waals surface area contributed by atoms with Crippen LogP contribution in [0.4, 0.5) is 4.39 Å². The van der Waals surface area contributed by atoms with Gasteiger partial charge in [-0.15, -0.1) is 0 Å². The molecule has 0 fully saturated rings. The summed E-state index contributed by atoms with van der Waals surface area (Å²) in [6, 6.07) is 1.46. The third-order valence-electron chi connectivity index (χ3n) is 2.63. The molecule has 0 aliphatic rings. The minimum atomic E-state index is -0.356. The molecule has 78 valence electrons. The standard InChI is InChI=1S/C11H15ClFN/c1-6-4-9(13)11(12)10(8(6)3)7(2)5-14/h4,7H,5,14H2,1-3H3. The Balaban J connectivity index is 3.39. The van der Waals surface area contributed by atoms with Gasteiger partial charge >= 0.3 is 0 Å². The van der Waals surface area contributed by atoms with Gasteiger partial charge in [-0.2, -0.15) is 0 Å². The smallest absolute Gasteiger partial charge is 0.142 e. The molecule has 1 rings (SSSR count). The molecule has 0 aliphatic heterocycles. The summed E-state index contributed by atoms with van der Waals surface area (Å²) in [5, 5.41) is 0.214. The van der Waals surface area contributed by atoms with Gasteiger partial charge in [-0.1, -0.05) is 18.5 Å². The van der Waals surface area contributed by atoms with E-state index in [1.807, 2.05) is 20.8 Å². The molecule has 0 spiro atoms. The summed E-state index contributed by atoms with van der Waals surface area (Å²) < 4.78 is 13.3. The van der Waals surface area contributed by atoms with Gasteiger partial charge in [-0.25, -0.2) is 4.39 Å². The van der Waals surface area contributed by atoms with Gasteiger partial charge in [0.15, 0.2) is 0 Å². The highest BCUT2D eigenvalue weighted by molar-refractivity contribution is 6.31. The average molecular weight is 216 g/mol. The minimum Gasteiger partial charge on any atom is -0.330 e. The lowest BCUT2D eigenvalue weighted by Gasteiger charge is -2.17. The van der Waals surface area contributed by atoms with Gasteiger partial charge in [0, 0.05) is 0 Å². The predicted octanol–water partition coefficient (Wildman–Crippen LogP) is 3.16. The van der Waals surface area contributed by atoms with Gasteiger partial charge in [0.25, 0.3) is 0 Å². The van der Waals surface area contributed by atoms with Crippen LogP contribution in [-0.2, 0) is 0 Å². The van der Waals surface area contributed by atoms with E-state index >= 15 is 0 Å². The van der Waals surface area contributed by atoms with Crippen LogP contribution in [0, 0.1) is 19.7 Å². The van der Waals surface area contributed by atoms with Crippen LogP contribution < -0.4 is 5.73 Å². The zero-order valence-electron chi connectivity index (χ0n) is 8.70. The van der Waals surface area contributed by atoms with E-state index in [2.05, 4.69) is 0 Å². The Kier molecular flexibility index (Phi) is 3.51. The fraction of sp³-hybridized carbons (Fsp3) is 0.455. The van der Waals surface area contributed by atoms with E-state index in [1.54, 1.807) is 0 Å². The molecule has 0 amide bonds. The van der Waals surface area contributed by atoms with Crippen LogP contribution in [0.3, 0.4) is 0 Å². The minimum absolute atomic E-state index is 0.0944. The van der Waals surface area contributed by atoms with E-state index in [-0.39, 0.29) is 16.8 Å². The fourth-order valence-corrected chi connectivity index (χ4v) is 1.95. The lowest BCUT2D eigenvalue weighted by Crippen LogP contribution is -2.12. The lowest BCUT2D eigenvalue weighted by molar-refractivity contribution is 0.619. The van der Waals surface area contributed by atoms with E-state index in [9.17, 15) is 4.39 Å². The Hall–Kier alpha value is -0.600. The molecule has 1 atom stereocenters. The Bertz CT molecular complexity index is 323. The van der Waals surface area contributed by atoms with Crippen LogP contribution in [0.15, 0.2) is 6.07 Å². The molecule has 0 heterocycles. The third kappa shape index (κ3) is 1.91. The molecule has 14 heavy (non-hydrogen) atoms. The van der Waals surface area contributed by atoms with Crippen molar-refractivity contribution >= 4 is 11.6 Å². The monoisotopic (exact) mass is 215 g/mol. The normalized spacial score (nSPS) is 13.0. The van der Waals surface area contributed by atoms with Crippen LogP contribution in [0.2, 0.25) is 5.02 Å². The Morgan fingerprint density at radius 2 is 2.07 bits per heavy atom. The largest absolute Gasteiger partial charge is 0.330 e. The van der Waals surface area contributed by atoms with Crippen molar-refractivity contribution < 1.29 is 4.39 Å². The Labute approximate surface area is 89.1 Å². The van der Waals surface area contributed by atoms with E-state index in [0.717, 1.165) is 16.7 Å². The molecule has 0 aromatic heterocycles. The summed E-state index contributed by atoms with van der Waals surface area (Å²) >= 11 is 5.91. The molecular formula is C11H15ClFN. The van der Waals surface area contributed by atoms with Gasteiger partial charge < -0.3 is 5.73 Å². The summed E-state index contributed by atoms with van der Waals surface area (Å²) in [4.78, 5) is 0. The number of hydrogen-bond donors (Lipinski definition) is 1. The molecule has 2 N–H and O–H groups in total. The molecule has 0 radical (unpaired) electrons. The van der Waals surface area contributed by atoms with Crippen molar-refractivity contribution in [1.82, 2.24) is 0 Å². The van der Waals surface area contributed by atoms with Gasteiger partial charge in [0.1, 0.15) is 5.82 Å². The highest BCUT2D eigenvalue weighted by atomic mass is 35.5. The SMILES string of the molecule is Cc1cc(F)c(Cl)c(C(C)CN)c1C. The maximum atomic E-state index is 13.3. The van der Waals surface area contributed by atoms with E-state index < -0.39 is 0 Å². The topological polar surface area (TPSA) is 26.0 Å². The Morgan fingerprint density at radius 1 is 1.50 bits per heavy atom. The van der Waals surface area contributed by atoms with Crippen LogP contribution in [-0.4, -0.2) is 6.54 Å². The molecule has 1 aromatic carbocycles. The van der Waals surface area contributed by atoms with Crippen molar-refractivity contribution in [1.29, 1.82) is 0 Å². The summed E-state index contributed by atoms with van der Waals surface area (Å²) in [6.07, 6.45) is 0. The molecule has 0 saturated carbocycles. The number of hydrogen-bond acceptors (Lipinski definition) is 1. The van der Waals surface area contributed by atoms with Crippen molar-refractivity contribution in [2.24, 2.45) is 5.73 Å². The summed E-state index contributed by atoms with van der Waals surface area (Å²) in [5.74, 6) is -0.262. The zero-order valence-corrected chi connectivity index (χ0v) is 9.45. The number of aryl methyl sites for hydroxylation is 1. The van der Waals surface area contributed by atoms with E-state index in [4.69, 9.17) is 17.3 Å². The predicted molar refractivity (Wildman–Crippen MR) is 58.4 cm³/mol. The maximum Gasteiger partial charge on any atom is 0.142 e. The van der Waals surface area contributed by atoms with E-state index in [1.165, 1.54) is 6.07 Å². The summed E-state index contributed by atoms with van der Waals surface area (Å²) in [7, 11) is 0. The van der Waals surface area contributed by atoms with Crippen molar-refractivity contribution in [3.05, 3.63) is 33.6 Å². The number of nitrogens with two attached hydrogens (primary N) is 1. The fourth-order valence-electron chi connectivity index (χ4n) is 1.57. The molecule has 1 nitrogen and oxygen atoms in total. The van der Waals surface area contributed by atoms with Crippen molar-refractivity contribution in [2.75, 3.05) is 6.54 Å².